The molecule has 2 aliphatic rings. The Balaban J connectivity index is 1.19. The molecule has 10 heteroatoms. The molecule has 2 aromatic carbocycles. The van der Waals surface area contributed by atoms with Crippen LogP contribution in [-0.4, -0.2) is 63.7 Å². The minimum atomic E-state index is -1.59. The van der Waals surface area contributed by atoms with E-state index in [1.807, 2.05) is 32.1 Å². The average Bonchev–Trinajstić information content (AvgIpc) is 3.08. The highest BCUT2D eigenvalue weighted by molar-refractivity contribution is 5.86. The number of rotatable bonds is 10. The van der Waals surface area contributed by atoms with Crippen LogP contribution < -0.4 is 14.9 Å². The Morgan fingerprint density at radius 3 is 2.41 bits per heavy atom. The van der Waals surface area contributed by atoms with E-state index in [-0.39, 0.29) is 33.1 Å². The summed E-state index contributed by atoms with van der Waals surface area (Å²) in [6, 6.07) is 10.9. The monoisotopic (exact) mass is 698 g/mol. The molecule has 0 saturated carbocycles. The number of aliphatic hydroxyl groups excluding tert-OH is 4. The van der Waals surface area contributed by atoms with E-state index in [0.717, 1.165) is 17.6 Å². The molecule has 10 nitrogen and oxygen atoms in total. The third kappa shape index (κ3) is 9.02. The van der Waals surface area contributed by atoms with E-state index in [9.17, 15) is 30.0 Å². The second-order valence-electron chi connectivity index (χ2n) is 13.8. The van der Waals surface area contributed by atoms with Gasteiger partial charge in [0.1, 0.15) is 47.8 Å². The Labute approximate surface area is 297 Å². The summed E-state index contributed by atoms with van der Waals surface area (Å²) in [4.78, 5) is 25.9. The van der Waals surface area contributed by atoms with Crippen molar-refractivity contribution in [2.45, 2.75) is 84.6 Å². The molecular weight excluding hydrogens is 652 g/mol. The lowest BCUT2D eigenvalue weighted by Crippen LogP contribution is -2.60. The van der Waals surface area contributed by atoms with Crippen LogP contribution in [0.2, 0.25) is 0 Å². The largest absolute Gasteiger partial charge is 0.463 e. The van der Waals surface area contributed by atoms with Gasteiger partial charge in [-0.25, -0.2) is 4.79 Å². The zero-order valence-electron chi connectivity index (χ0n) is 29.5. The van der Waals surface area contributed by atoms with Crippen LogP contribution in [0.4, 0.5) is 0 Å². The van der Waals surface area contributed by atoms with Crippen molar-refractivity contribution in [2.75, 3.05) is 6.61 Å². The summed E-state index contributed by atoms with van der Waals surface area (Å²) < 4.78 is 22.2. The van der Waals surface area contributed by atoms with Gasteiger partial charge in [0.15, 0.2) is 5.43 Å². The molecule has 1 aliphatic carbocycles. The lowest BCUT2D eigenvalue weighted by Gasteiger charge is -2.39. The van der Waals surface area contributed by atoms with Gasteiger partial charge in [0.25, 0.3) is 0 Å². The summed E-state index contributed by atoms with van der Waals surface area (Å²) >= 11 is 0. The lowest BCUT2D eigenvalue weighted by atomic mass is 9.72. The number of allylic oxidation sites excluding steroid dienone is 9. The molecule has 1 fully saturated rings. The normalized spacial score (nSPS) is 24.5. The Morgan fingerprint density at radius 1 is 0.980 bits per heavy atom. The van der Waals surface area contributed by atoms with Crippen molar-refractivity contribution >= 4 is 16.9 Å². The number of hydrogen-bond donors (Lipinski definition) is 4. The molecule has 2 heterocycles. The van der Waals surface area contributed by atoms with Crippen LogP contribution in [0.1, 0.15) is 53.9 Å². The van der Waals surface area contributed by atoms with Crippen LogP contribution >= 0.6 is 0 Å². The molecule has 4 N–H and O–H groups in total. The van der Waals surface area contributed by atoms with Gasteiger partial charge in [-0.3, -0.25) is 4.79 Å². The first-order valence-electron chi connectivity index (χ1n) is 17.0. The zero-order chi connectivity index (χ0) is 36.9. The van der Waals surface area contributed by atoms with Gasteiger partial charge in [-0.15, -0.1) is 0 Å². The number of aliphatic hydroxyl groups is 4. The predicted molar refractivity (Wildman–Crippen MR) is 194 cm³/mol. The van der Waals surface area contributed by atoms with Crippen molar-refractivity contribution in [3.8, 4) is 22.6 Å². The van der Waals surface area contributed by atoms with Gasteiger partial charge in [-0.1, -0.05) is 67.5 Å². The summed E-state index contributed by atoms with van der Waals surface area (Å²) in [5.41, 5.74) is 5.63. The highest BCUT2D eigenvalue weighted by Crippen LogP contribution is 2.40. The number of esters is 1. The Bertz CT molecular complexity index is 1940. The predicted octanol–water partition coefficient (Wildman–Crippen LogP) is 6.08. The number of ether oxygens (including phenoxy) is 3. The van der Waals surface area contributed by atoms with E-state index in [1.165, 1.54) is 54.5 Å². The molecule has 5 atom stereocenters. The number of carbonyl (C=O) groups excluding carboxylic acids is 1. The molecule has 0 bridgehead atoms. The Morgan fingerprint density at radius 2 is 1.71 bits per heavy atom. The molecular formula is C41H46O10. The van der Waals surface area contributed by atoms with Gasteiger partial charge in [-0.2, -0.15) is 0 Å². The molecule has 0 spiro atoms. The summed E-state index contributed by atoms with van der Waals surface area (Å²) in [6.07, 6.45) is 9.23. The quantitative estimate of drug-likeness (QED) is 0.0848. The smallest absolute Gasteiger partial charge is 0.336 e. The van der Waals surface area contributed by atoms with E-state index in [2.05, 4.69) is 32.9 Å². The molecule has 3 aromatic rings. The summed E-state index contributed by atoms with van der Waals surface area (Å²) in [5.74, 6) is -0.0490. The molecule has 0 radical (unpaired) electrons. The SMILES string of the molecule is CC1=C(/C=C/C(C)=C/C=C/C(C)=C/C(=O)Oc2ccc(-c3coc4cc(O[C@@H]5OC(CO)[C@H](O)[C@H](O)C5O)ccc4c3=O)cc2)C(C)(C)CCC1. The van der Waals surface area contributed by atoms with Crippen LogP contribution in [0.5, 0.6) is 11.5 Å². The minimum Gasteiger partial charge on any atom is -0.463 e. The maximum absolute atomic E-state index is 13.3. The average molecular weight is 699 g/mol. The van der Waals surface area contributed by atoms with Crippen LogP contribution in [0, 0.1) is 5.41 Å². The summed E-state index contributed by atoms with van der Waals surface area (Å²) in [6.45, 7) is 10.1. The number of hydrogen-bond acceptors (Lipinski definition) is 10. The molecule has 270 valence electrons. The van der Waals surface area contributed by atoms with E-state index in [0.29, 0.717) is 11.3 Å². The van der Waals surface area contributed by atoms with Gasteiger partial charge in [0.2, 0.25) is 6.29 Å². The highest BCUT2D eigenvalue weighted by atomic mass is 16.7. The van der Waals surface area contributed by atoms with E-state index in [4.69, 9.17) is 18.6 Å². The summed E-state index contributed by atoms with van der Waals surface area (Å²) in [7, 11) is 0. The molecule has 5 rings (SSSR count). The van der Waals surface area contributed by atoms with Crippen LogP contribution in [-0.2, 0) is 9.53 Å². The van der Waals surface area contributed by atoms with Crippen molar-refractivity contribution in [3.05, 3.63) is 118 Å². The molecule has 1 saturated heterocycles. The standard InChI is InChI=1S/C41H46O10/c1-24(11-18-32-26(3)10-7-19-41(32,4)5)8-6-9-25(2)20-35(43)49-28-14-12-27(13-15-28)31-23-48-33-21-29(16-17-30(33)36(31)44)50-40-39(47)38(46)37(45)34(22-42)51-40/h6,8-9,11-18,20-21,23,34,37-40,42,45-47H,7,10,19,22H2,1-5H3/b9-6+,18-11+,24-8+,25-20+/t34?,37-,38-,39?,40+/m0/s1. The first-order valence-corrected chi connectivity index (χ1v) is 17.0. The molecule has 1 aromatic heterocycles. The first kappa shape index (κ1) is 37.7. The number of benzene rings is 2. The fourth-order valence-corrected chi connectivity index (χ4v) is 6.39. The van der Waals surface area contributed by atoms with Crippen molar-refractivity contribution in [1.29, 1.82) is 0 Å². The first-order chi connectivity index (χ1) is 24.3. The molecule has 1 aliphatic heterocycles. The van der Waals surface area contributed by atoms with Gasteiger partial charge >= 0.3 is 5.97 Å². The molecule has 0 amide bonds. The van der Waals surface area contributed by atoms with Crippen molar-refractivity contribution in [1.82, 2.24) is 0 Å². The van der Waals surface area contributed by atoms with Crippen molar-refractivity contribution < 1.29 is 43.8 Å². The highest BCUT2D eigenvalue weighted by Gasteiger charge is 2.44. The number of carbonyl (C=O) groups is 1. The van der Waals surface area contributed by atoms with E-state index >= 15 is 0 Å². The fourth-order valence-electron chi connectivity index (χ4n) is 6.39. The van der Waals surface area contributed by atoms with Crippen molar-refractivity contribution in [3.63, 3.8) is 0 Å². The number of fused-ring (bicyclic) bond motifs is 1. The van der Waals surface area contributed by atoms with Crippen LogP contribution in [0.25, 0.3) is 22.1 Å². The zero-order valence-corrected chi connectivity index (χ0v) is 29.5. The Kier molecular flexibility index (Phi) is 12.0. The van der Waals surface area contributed by atoms with Crippen molar-refractivity contribution in [2.24, 2.45) is 5.41 Å². The minimum absolute atomic E-state index is 0.166. The topological polar surface area (TPSA) is 156 Å². The fraction of sp³-hybridized carbons (Fsp3) is 0.366. The second kappa shape index (κ2) is 16.2. The maximum Gasteiger partial charge on any atom is 0.336 e. The van der Waals surface area contributed by atoms with Gasteiger partial charge in [-0.05, 0) is 86.4 Å². The van der Waals surface area contributed by atoms with E-state index in [1.54, 1.807) is 24.3 Å². The van der Waals surface area contributed by atoms with Crippen LogP contribution in [0.15, 0.2) is 117 Å². The van der Waals surface area contributed by atoms with Crippen LogP contribution in [0.3, 0.4) is 0 Å². The van der Waals surface area contributed by atoms with E-state index < -0.39 is 43.3 Å². The second-order valence-corrected chi connectivity index (χ2v) is 13.8. The molecule has 2 unspecified atom stereocenters. The van der Waals surface area contributed by atoms with Gasteiger partial charge < -0.3 is 39.1 Å². The molecule has 51 heavy (non-hydrogen) atoms. The third-order valence-corrected chi connectivity index (χ3v) is 9.35. The summed E-state index contributed by atoms with van der Waals surface area (Å²) in [5, 5.41) is 39.9. The van der Waals surface area contributed by atoms with Gasteiger partial charge in [0, 0.05) is 12.1 Å². The van der Waals surface area contributed by atoms with Gasteiger partial charge in [0.05, 0.1) is 17.6 Å². The Hall–Kier alpha value is -4.58. The third-order valence-electron chi connectivity index (χ3n) is 9.35. The lowest BCUT2D eigenvalue weighted by molar-refractivity contribution is -0.277. The maximum atomic E-state index is 13.3.